The molecule has 2 aromatic rings. The normalized spacial score (nSPS) is 10.2. The molecule has 16 heavy (non-hydrogen) atoms. The number of rotatable bonds is 2. The zero-order valence-corrected chi connectivity index (χ0v) is 8.36. The number of hydrogen-bond donors (Lipinski definition) is 2. The number of amides is 2. The van der Waals surface area contributed by atoms with Gasteiger partial charge in [-0.25, -0.2) is 0 Å². The summed E-state index contributed by atoms with van der Waals surface area (Å²) in [5.41, 5.74) is 11.0. The maximum atomic E-state index is 11.0. The third kappa shape index (κ3) is 1.72. The highest BCUT2D eigenvalue weighted by Gasteiger charge is 2.05. The van der Waals surface area contributed by atoms with Crippen molar-refractivity contribution >= 4 is 22.6 Å². The average molecular weight is 213 g/mol. The summed E-state index contributed by atoms with van der Waals surface area (Å²) in [4.78, 5) is 21.9. The first kappa shape index (κ1) is 10.2. The fraction of sp³-hybridized carbons (Fsp3) is 0. The molecule has 0 bridgehead atoms. The van der Waals surface area contributed by atoms with E-state index in [9.17, 15) is 9.59 Å². The number of carbonyl (C=O) groups is 2. The maximum absolute atomic E-state index is 11.0. The van der Waals surface area contributed by atoms with Gasteiger partial charge in [-0.1, -0.05) is 12.1 Å². The molecular weight excluding hydrogens is 204 g/mol. The highest BCUT2D eigenvalue weighted by molar-refractivity contribution is 6.00. The molecule has 0 aliphatic carbocycles. The topological polar surface area (TPSA) is 86.2 Å². The molecule has 4 heteroatoms. The molecule has 4 nitrogen and oxygen atoms in total. The predicted molar refractivity (Wildman–Crippen MR) is 59.8 cm³/mol. The second-order valence-corrected chi connectivity index (χ2v) is 3.40. The van der Waals surface area contributed by atoms with Gasteiger partial charge in [-0.05, 0) is 29.0 Å². The van der Waals surface area contributed by atoms with E-state index < -0.39 is 11.8 Å². The van der Waals surface area contributed by atoms with Crippen molar-refractivity contribution in [2.24, 2.45) is 11.5 Å². The van der Waals surface area contributed by atoms with Gasteiger partial charge in [0.05, 0.1) is 0 Å². The van der Waals surface area contributed by atoms with Crippen LogP contribution in [0.15, 0.2) is 30.3 Å². The third-order valence-electron chi connectivity index (χ3n) is 2.30. The van der Waals surface area contributed by atoms with Gasteiger partial charge in [0.2, 0.25) is 11.8 Å². The number of fused-ring (bicyclic) bond motifs is 1. The van der Waals surface area contributed by atoms with E-state index in [-0.39, 0.29) is 0 Å². The van der Waals surface area contributed by atoms with Crippen LogP contribution in [-0.4, -0.2) is 11.8 Å². The van der Waals surface area contributed by atoms with Crippen molar-refractivity contribution in [1.82, 2.24) is 0 Å². The molecule has 1 radical (unpaired) electrons. The van der Waals surface area contributed by atoms with Gasteiger partial charge in [0.25, 0.3) is 0 Å². The highest BCUT2D eigenvalue weighted by atomic mass is 16.1. The SMILES string of the molecule is NC(=O)c1[c]c2ccc(C(N)=O)cc2cc1. The molecule has 0 aromatic heterocycles. The van der Waals surface area contributed by atoms with E-state index in [4.69, 9.17) is 11.5 Å². The summed E-state index contributed by atoms with van der Waals surface area (Å²) in [6.45, 7) is 0. The van der Waals surface area contributed by atoms with Crippen LogP contribution in [-0.2, 0) is 0 Å². The van der Waals surface area contributed by atoms with Crippen LogP contribution in [0.4, 0.5) is 0 Å². The molecule has 2 rings (SSSR count). The zero-order valence-electron chi connectivity index (χ0n) is 8.36. The minimum Gasteiger partial charge on any atom is -0.366 e. The lowest BCUT2D eigenvalue weighted by Crippen LogP contribution is -2.11. The summed E-state index contributed by atoms with van der Waals surface area (Å²) < 4.78 is 0. The van der Waals surface area contributed by atoms with E-state index in [1.165, 1.54) is 0 Å². The third-order valence-corrected chi connectivity index (χ3v) is 2.30. The Kier molecular flexibility index (Phi) is 2.32. The first-order valence-corrected chi connectivity index (χ1v) is 4.63. The quantitative estimate of drug-likeness (QED) is 0.774. The predicted octanol–water partition coefficient (Wildman–Crippen LogP) is 0.838. The fourth-order valence-electron chi connectivity index (χ4n) is 1.47. The molecule has 0 saturated carbocycles. The van der Waals surface area contributed by atoms with Crippen molar-refractivity contribution < 1.29 is 9.59 Å². The van der Waals surface area contributed by atoms with Crippen LogP contribution in [0.2, 0.25) is 0 Å². The molecule has 4 N–H and O–H groups in total. The van der Waals surface area contributed by atoms with Crippen LogP contribution in [0, 0.1) is 6.07 Å². The Labute approximate surface area is 91.8 Å². The minimum atomic E-state index is -0.527. The molecule has 0 aliphatic rings. The Morgan fingerprint density at radius 1 is 1.00 bits per heavy atom. The zero-order chi connectivity index (χ0) is 11.7. The molecule has 0 fully saturated rings. The van der Waals surface area contributed by atoms with Gasteiger partial charge in [-0.15, -0.1) is 0 Å². The van der Waals surface area contributed by atoms with Crippen molar-refractivity contribution in [2.45, 2.75) is 0 Å². The van der Waals surface area contributed by atoms with Gasteiger partial charge in [-0.3, -0.25) is 9.59 Å². The van der Waals surface area contributed by atoms with Crippen LogP contribution in [0.1, 0.15) is 20.7 Å². The van der Waals surface area contributed by atoms with E-state index >= 15 is 0 Å². The summed E-state index contributed by atoms with van der Waals surface area (Å²) >= 11 is 0. The number of nitrogens with two attached hydrogens (primary N) is 2. The molecular formula is C12H9N2O2. The number of primary amides is 2. The Morgan fingerprint density at radius 2 is 1.75 bits per heavy atom. The van der Waals surface area contributed by atoms with Crippen LogP contribution in [0.3, 0.4) is 0 Å². The van der Waals surface area contributed by atoms with E-state index in [0.29, 0.717) is 11.1 Å². The molecule has 0 saturated heterocycles. The van der Waals surface area contributed by atoms with Crippen LogP contribution < -0.4 is 11.5 Å². The fourth-order valence-corrected chi connectivity index (χ4v) is 1.47. The van der Waals surface area contributed by atoms with Gasteiger partial charge in [0.15, 0.2) is 0 Å². The van der Waals surface area contributed by atoms with Gasteiger partial charge in [0, 0.05) is 17.2 Å². The summed E-state index contributed by atoms with van der Waals surface area (Å²) in [7, 11) is 0. The molecule has 0 heterocycles. The molecule has 0 spiro atoms. The standard InChI is InChI=1S/C12H9N2O2/c13-11(15)9-3-1-7-5-10(12(14)16)4-2-8(7)6-9/h1-5H,(H2,13,15)(H2,14,16). The largest absolute Gasteiger partial charge is 0.366 e. The second kappa shape index (κ2) is 3.66. The van der Waals surface area contributed by atoms with Gasteiger partial charge in [0.1, 0.15) is 0 Å². The summed E-state index contributed by atoms with van der Waals surface area (Å²) in [6, 6.07) is 11.1. The Bertz CT molecular complexity index is 537. The summed E-state index contributed by atoms with van der Waals surface area (Å²) in [5, 5.41) is 1.52. The average Bonchev–Trinajstić information content (AvgIpc) is 2.27. The first-order chi connectivity index (χ1) is 7.58. The Balaban J connectivity index is 2.61. The van der Waals surface area contributed by atoms with E-state index in [1.807, 2.05) is 0 Å². The lowest BCUT2D eigenvalue weighted by molar-refractivity contribution is 0.0991. The molecule has 0 unspecified atom stereocenters. The number of benzene rings is 2. The minimum absolute atomic E-state index is 0.319. The van der Waals surface area contributed by atoms with Crippen molar-refractivity contribution in [3.63, 3.8) is 0 Å². The maximum Gasteiger partial charge on any atom is 0.249 e. The van der Waals surface area contributed by atoms with E-state index in [0.717, 1.165) is 10.8 Å². The van der Waals surface area contributed by atoms with Crippen molar-refractivity contribution in [1.29, 1.82) is 0 Å². The van der Waals surface area contributed by atoms with E-state index in [1.54, 1.807) is 30.3 Å². The van der Waals surface area contributed by atoms with Crippen LogP contribution >= 0.6 is 0 Å². The van der Waals surface area contributed by atoms with Crippen molar-refractivity contribution in [2.75, 3.05) is 0 Å². The number of hydrogen-bond acceptors (Lipinski definition) is 2. The monoisotopic (exact) mass is 213 g/mol. The first-order valence-electron chi connectivity index (χ1n) is 4.63. The Morgan fingerprint density at radius 3 is 2.38 bits per heavy atom. The molecule has 2 aromatic carbocycles. The second-order valence-electron chi connectivity index (χ2n) is 3.40. The summed E-state index contributed by atoms with van der Waals surface area (Å²) in [5.74, 6) is -1.01. The van der Waals surface area contributed by atoms with Crippen LogP contribution in [0.5, 0.6) is 0 Å². The van der Waals surface area contributed by atoms with E-state index in [2.05, 4.69) is 6.07 Å². The highest BCUT2D eigenvalue weighted by Crippen LogP contribution is 2.17. The Hall–Kier alpha value is -2.36. The summed E-state index contributed by atoms with van der Waals surface area (Å²) in [6.07, 6.45) is 0. The van der Waals surface area contributed by atoms with Gasteiger partial charge >= 0.3 is 0 Å². The van der Waals surface area contributed by atoms with Crippen molar-refractivity contribution in [3.05, 3.63) is 47.5 Å². The van der Waals surface area contributed by atoms with Gasteiger partial charge in [-0.2, -0.15) is 0 Å². The molecule has 2 amide bonds. The lowest BCUT2D eigenvalue weighted by atomic mass is 10.0. The smallest absolute Gasteiger partial charge is 0.249 e. The van der Waals surface area contributed by atoms with Crippen LogP contribution in [0.25, 0.3) is 10.8 Å². The molecule has 79 valence electrons. The van der Waals surface area contributed by atoms with Crippen molar-refractivity contribution in [3.8, 4) is 0 Å². The molecule has 0 aliphatic heterocycles. The van der Waals surface area contributed by atoms with Gasteiger partial charge < -0.3 is 11.5 Å². The lowest BCUT2D eigenvalue weighted by Gasteiger charge is -2.01. The number of carbonyl (C=O) groups excluding carboxylic acids is 2. The molecule has 0 atom stereocenters.